The minimum atomic E-state index is 0.131. The van der Waals surface area contributed by atoms with Gasteiger partial charge in [0.25, 0.3) is 0 Å². The fourth-order valence-electron chi connectivity index (χ4n) is 4.09. The van der Waals surface area contributed by atoms with Gasteiger partial charge >= 0.3 is 0 Å². The summed E-state index contributed by atoms with van der Waals surface area (Å²) >= 11 is 0. The van der Waals surface area contributed by atoms with E-state index in [0.29, 0.717) is 6.42 Å². The Labute approximate surface area is 154 Å². The van der Waals surface area contributed by atoms with Crippen LogP contribution < -0.4 is 9.64 Å². The van der Waals surface area contributed by atoms with E-state index >= 15 is 0 Å². The summed E-state index contributed by atoms with van der Waals surface area (Å²) in [6.07, 6.45) is 4.46. The van der Waals surface area contributed by atoms with Gasteiger partial charge < -0.3 is 14.2 Å². The van der Waals surface area contributed by atoms with Crippen molar-refractivity contribution in [1.82, 2.24) is 4.57 Å². The van der Waals surface area contributed by atoms with E-state index in [1.54, 1.807) is 7.11 Å². The maximum Gasteiger partial charge on any atom is 0.231 e. The van der Waals surface area contributed by atoms with Gasteiger partial charge in [-0.05, 0) is 48.6 Å². The summed E-state index contributed by atoms with van der Waals surface area (Å²) in [4.78, 5) is 15.1. The van der Waals surface area contributed by atoms with Crippen LogP contribution in [0.25, 0.3) is 10.9 Å². The molecule has 0 atom stereocenters. The number of carbonyl (C=O) groups is 1. The second-order valence-electron chi connectivity index (χ2n) is 7.02. The van der Waals surface area contributed by atoms with Crippen molar-refractivity contribution in [3.63, 3.8) is 0 Å². The number of hydrogen-bond donors (Lipinski definition) is 0. The number of benzene rings is 2. The molecule has 0 bridgehead atoms. The van der Waals surface area contributed by atoms with E-state index in [4.69, 9.17) is 4.74 Å². The molecule has 0 spiro atoms. The van der Waals surface area contributed by atoms with Gasteiger partial charge in [-0.2, -0.15) is 0 Å². The molecular formula is C22H24N2O2. The van der Waals surface area contributed by atoms with Gasteiger partial charge in [0, 0.05) is 30.7 Å². The minimum absolute atomic E-state index is 0.131. The molecule has 0 unspecified atom stereocenters. The van der Waals surface area contributed by atoms with Crippen molar-refractivity contribution in [3.8, 4) is 5.75 Å². The van der Waals surface area contributed by atoms with Gasteiger partial charge in [0.05, 0.1) is 19.2 Å². The molecule has 0 aliphatic carbocycles. The molecule has 2 aromatic carbocycles. The molecule has 2 heterocycles. The average molecular weight is 348 g/mol. The standard InChI is InChI=1S/C22H24N2O2/c1-15-10-11-20(26-3)22-17(15)8-6-12-24(22)21(25)13-16-14-23(2)19-9-5-4-7-18(16)19/h4-5,7,9-11,14H,6,8,12-13H2,1-3H3. The summed E-state index contributed by atoms with van der Waals surface area (Å²) in [5.41, 5.74) is 5.66. The van der Waals surface area contributed by atoms with Crippen LogP contribution >= 0.6 is 0 Å². The molecule has 3 aromatic rings. The molecule has 4 heteroatoms. The lowest BCUT2D eigenvalue weighted by Gasteiger charge is -2.32. The van der Waals surface area contributed by atoms with Gasteiger partial charge in [0.15, 0.2) is 0 Å². The van der Waals surface area contributed by atoms with Gasteiger partial charge in [0.2, 0.25) is 5.91 Å². The number of aryl methyl sites for hydroxylation is 2. The molecule has 0 saturated carbocycles. The molecule has 1 aromatic heterocycles. The molecule has 0 radical (unpaired) electrons. The zero-order chi connectivity index (χ0) is 18.3. The number of methoxy groups -OCH3 is 1. The Kier molecular flexibility index (Phi) is 4.19. The number of anilines is 1. The summed E-state index contributed by atoms with van der Waals surface area (Å²) in [5.74, 6) is 0.919. The highest BCUT2D eigenvalue weighted by atomic mass is 16.5. The Morgan fingerprint density at radius 1 is 1.19 bits per heavy atom. The van der Waals surface area contributed by atoms with Crippen LogP contribution in [-0.4, -0.2) is 24.1 Å². The maximum absolute atomic E-state index is 13.2. The normalized spacial score (nSPS) is 13.7. The number of hydrogen-bond acceptors (Lipinski definition) is 2. The molecule has 134 valence electrons. The Hall–Kier alpha value is -2.75. The zero-order valence-corrected chi connectivity index (χ0v) is 15.6. The number of rotatable bonds is 3. The quantitative estimate of drug-likeness (QED) is 0.716. The van der Waals surface area contributed by atoms with Crippen LogP contribution in [0.4, 0.5) is 5.69 Å². The van der Waals surface area contributed by atoms with Crippen LogP contribution in [0.3, 0.4) is 0 Å². The molecule has 0 N–H and O–H groups in total. The van der Waals surface area contributed by atoms with E-state index < -0.39 is 0 Å². The second-order valence-corrected chi connectivity index (χ2v) is 7.02. The number of nitrogens with zero attached hydrogens (tertiary/aromatic N) is 2. The monoisotopic (exact) mass is 348 g/mol. The highest BCUT2D eigenvalue weighted by Gasteiger charge is 2.27. The molecule has 0 fully saturated rings. The second kappa shape index (κ2) is 6.52. The lowest BCUT2D eigenvalue weighted by Crippen LogP contribution is -2.37. The zero-order valence-electron chi connectivity index (χ0n) is 15.6. The lowest BCUT2D eigenvalue weighted by molar-refractivity contribution is -0.118. The Bertz CT molecular complexity index is 987. The fourth-order valence-corrected chi connectivity index (χ4v) is 4.09. The van der Waals surface area contributed by atoms with Crippen molar-refractivity contribution in [1.29, 1.82) is 0 Å². The minimum Gasteiger partial charge on any atom is -0.495 e. The Morgan fingerprint density at radius 2 is 2.00 bits per heavy atom. The SMILES string of the molecule is COc1ccc(C)c2c1N(C(=O)Cc1cn(C)c3ccccc13)CCC2. The van der Waals surface area contributed by atoms with Crippen molar-refractivity contribution >= 4 is 22.5 Å². The number of carbonyl (C=O) groups excluding carboxylic acids is 1. The first-order chi connectivity index (χ1) is 12.6. The molecule has 26 heavy (non-hydrogen) atoms. The van der Waals surface area contributed by atoms with Crippen molar-refractivity contribution < 1.29 is 9.53 Å². The van der Waals surface area contributed by atoms with E-state index in [2.05, 4.69) is 35.9 Å². The van der Waals surface area contributed by atoms with E-state index in [1.165, 1.54) is 11.1 Å². The van der Waals surface area contributed by atoms with Crippen molar-refractivity contribution in [2.45, 2.75) is 26.2 Å². The van der Waals surface area contributed by atoms with E-state index in [0.717, 1.165) is 47.3 Å². The van der Waals surface area contributed by atoms with E-state index in [9.17, 15) is 4.79 Å². The molecule has 1 aliphatic heterocycles. The van der Waals surface area contributed by atoms with Crippen molar-refractivity contribution in [3.05, 3.63) is 59.3 Å². The summed E-state index contributed by atoms with van der Waals surface area (Å²) in [7, 11) is 3.70. The first kappa shape index (κ1) is 16.7. The molecule has 4 rings (SSSR count). The maximum atomic E-state index is 13.2. The smallest absolute Gasteiger partial charge is 0.231 e. The van der Waals surface area contributed by atoms with Crippen molar-refractivity contribution in [2.75, 3.05) is 18.6 Å². The number of fused-ring (bicyclic) bond motifs is 2. The first-order valence-corrected chi connectivity index (χ1v) is 9.10. The molecule has 4 nitrogen and oxygen atoms in total. The van der Waals surface area contributed by atoms with Crippen LogP contribution in [0, 0.1) is 6.92 Å². The van der Waals surface area contributed by atoms with Gasteiger partial charge in [-0.1, -0.05) is 24.3 Å². The number of aromatic nitrogens is 1. The van der Waals surface area contributed by atoms with Crippen LogP contribution in [0.15, 0.2) is 42.6 Å². The van der Waals surface area contributed by atoms with E-state index in [-0.39, 0.29) is 5.91 Å². The molecular weight excluding hydrogens is 324 g/mol. The van der Waals surface area contributed by atoms with Crippen molar-refractivity contribution in [2.24, 2.45) is 7.05 Å². The van der Waals surface area contributed by atoms with Crippen LogP contribution in [0.2, 0.25) is 0 Å². The number of amides is 1. The summed E-state index contributed by atoms with van der Waals surface area (Å²) < 4.78 is 7.66. The average Bonchev–Trinajstić information content (AvgIpc) is 2.98. The molecule has 1 amide bonds. The number of para-hydroxylation sites is 1. The van der Waals surface area contributed by atoms with Crippen LogP contribution in [0.5, 0.6) is 5.75 Å². The van der Waals surface area contributed by atoms with Gasteiger partial charge in [-0.3, -0.25) is 4.79 Å². The van der Waals surface area contributed by atoms with Gasteiger partial charge in [0.1, 0.15) is 5.75 Å². The fraction of sp³-hybridized carbons (Fsp3) is 0.318. The third kappa shape index (κ3) is 2.66. The third-order valence-corrected chi connectivity index (χ3v) is 5.40. The Morgan fingerprint density at radius 3 is 2.81 bits per heavy atom. The van der Waals surface area contributed by atoms with E-state index in [1.807, 2.05) is 30.1 Å². The highest BCUT2D eigenvalue weighted by molar-refractivity contribution is 6.00. The first-order valence-electron chi connectivity index (χ1n) is 9.10. The Balaban J connectivity index is 1.71. The van der Waals surface area contributed by atoms with Gasteiger partial charge in [-0.25, -0.2) is 0 Å². The van der Waals surface area contributed by atoms with Crippen LogP contribution in [-0.2, 0) is 24.7 Å². The largest absolute Gasteiger partial charge is 0.495 e. The topological polar surface area (TPSA) is 34.5 Å². The number of ether oxygens (including phenoxy) is 1. The summed E-state index contributed by atoms with van der Waals surface area (Å²) in [6.45, 7) is 2.85. The lowest BCUT2D eigenvalue weighted by atomic mass is 9.95. The predicted molar refractivity (Wildman–Crippen MR) is 105 cm³/mol. The predicted octanol–water partition coefficient (Wildman–Crippen LogP) is 4.02. The van der Waals surface area contributed by atoms with Gasteiger partial charge in [-0.15, -0.1) is 0 Å². The third-order valence-electron chi connectivity index (χ3n) is 5.40. The summed E-state index contributed by atoms with van der Waals surface area (Å²) in [5, 5.41) is 1.15. The summed E-state index contributed by atoms with van der Waals surface area (Å²) in [6, 6.07) is 12.3. The van der Waals surface area contributed by atoms with Crippen LogP contribution in [0.1, 0.15) is 23.1 Å². The molecule has 0 saturated heterocycles. The highest BCUT2D eigenvalue weighted by Crippen LogP contribution is 2.38. The molecule has 1 aliphatic rings.